The minimum absolute atomic E-state index is 0. The van der Waals surface area contributed by atoms with E-state index in [1.807, 2.05) is 30.3 Å². The summed E-state index contributed by atoms with van der Waals surface area (Å²) >= 11 is 0. The maximum Gasteiger partial charge on any atom is 0.231 e. The molecule has 1 amide bonds. The lowest BCUT2D eigenvalue weighted by molar-refractivity contribution is -0.133. The Morgan fingerprint density at radius 2 is 2.04 bits per heavy atom. The molecule has 0 saturated carbocycles. The number of halogens is 1. The third kappa shape index (κ3) is 5.76. The summed E-state index contributed by atoms with van der Waals surface area (Å²) in [6.45, 7) is 1.28. The number of carbonyl (C=O) groups is 1. The molecule has 1 fully saturated rings. The molecule has 0 bridgehead atoms. The van der Waals surface area contributed by atoms with Crippen LogP contribution in [0.15, 0.2) is 30.3 Å². The topological polar surface area (TPSA) is 92.5 Å². The van der Waals surface area contributed by atoms with Crippen LogP contribution < -0.4 is 10.5 Å². The number of nitrogens with two attached hydrogens (primary N) is 1. The van der Waals surface area contributed by atoms with Crippen LogP contribution in [0.3, 0.4) is 0 Å². The van der Waals surface area contributed by atoms with Gasteiger partial charge in [0.25, 0.3) is 0 Å². The molecule has 3 N–H and O–H groups in total. The normalized spacial score (nSPS) is 19.7. The second-order valence-electron chi connectivity index (χ2n) is 5.71. The van der Waals surface area contributed by atoms with Gasteiger partial charge in [0.2, 0.25) is 15.9 Å². The van der Waals surface area contributed by atoms with Crippen molar-refractivity contribution >= 4 is 28.3 Å². The summed E-state index contributed by atoms with van der Waals surface area (Å²) in [6, 6.07) is 9.23. The number of rotatable bonds is 5. The molecule has 2 atom stereocenters. The van der Waals surface area contributed by atoms with Gasteiger partial charge in [-0.2, -0.15) is 0 Å². The first-order chi connectivity index (χ1) is 10.4. The monoisotopic (exact) mass is 361 g/mol. The Hall–Kier alpha value is -1.15. The number of nitrogens with one attached hydrogen (secondary N) is 1. The van der Waals surface area contributed by atoms with Crippen LogP contribution in [0.1, 0.15) is 24.3 Å². The molecule has 23 heavy (non-hydrogen) atoms. The highest BCUT2D eigenvalue weighted by molar-refractivity contribution is 7.88. The van der Waals surface area contributed by atoms with E-state index >= 15 is 0 Å². The Kier molecular flexibility index (Phi) is 7.47. The molecular formula is C15H24ClN3O3S. The minimum Gasteiger partial charge on any atom is -0.341 e. The quantitative estimate of drug-likeness (QED) is 0.807. The molecule has 0 aliphatic carbocycles. The SMILES string of the molecule is CS(=O)(=O)NC1CCCN(C(=O)C(CN)c2ccccc2)C1.Cl. The summed E-state index contributed by atoms with van der Waals surface area (Å²) in [6.07, 6.45) is 2.67. The van der Waals surface area contributed by atoms with E-state index in [2.05, 4.69) is 4.72 Å². The van der Waals surface area contributed by atoms with E-state index in [-0.39, 0.29) is 36.8 Å². The van der Waals surface area contributed by atoms with Crippen LogP contribution in [-0.4, -0.2) is 51.2 Å². The molecule has 1 saturated heterocycles. The summed E-state index contributed by atoms with van der Waals surface area (Å²) in [5.74, 6) is -0.410. The Morgan fingerprint density at radius 1 is 1.39 bits per heavy atom. The second-order valence-corrected chi connectivity index (χ2v) is 7.49. The van der Waals surface area contributed by atoms with Crippen LogP contribution in [0.5, 0.6) is 0 Å². The second kappa shape index (κ2) is 8.63. The summed E-state index contributed by atoms with van der Waals surface area (Å²) < 4.78 is 25.3. The van der Waals surface area contributed by atoms with Crippen LogP contribution in [0.4, 0.5) is 0 Å². The van der Waals surface area contributed by atoms with Crippen LogP contribution in [0.2, 0.25) is 0 Å². The zero-order chi connectivity index (χ0) is 16.2. The molecule has 1 aliphatic rings. The number of sulfonamides is 1. The van der Waals surface area contributed by atoms with Crippen molar-refractivity contribution in [1.29, 1.82) is 0 Å². The number of carbonyl (C=O) groups excluding carboxylic acids is 1. The third-order valence-corrected chi connectivity index (χ3v) is 4.61. The van der Waals surface area contributed by atoms with Crippen molar-refractivity contribution < 1.29 is 13.2 Å². The molecule has 0 radical (unpaired) electrons. The number of hydrogen-bond acceptors (Lipinski definition) is 4. The van der Waals surface area contributed by atoms with Crippen LogP contribution in [0, 0.1) is 0 Å². The Bertz CT molecular complexity index is 610. The average molecular weight is 362 g/mol. The van der Waals surface area contributed by atoms with Gasteiger partial charge < -0.3 is 10.6 Å². The first-order valence-corrected chi connectivity index (χ1v) is 9.31. The van der Waals surface area contributed by atoms with Gasteiger partial charge in [0.05, 0.1) is 12.2 Å². The van der Waals surface area contributed by atoms with Crippen molar-refractivity contribution in [1.82, 2.24) is 9.62 Å². The molecule has 130 valence electrons. The van der Waals surface area contributed by atoms with E-state index in [1.54, 1.807) is 4.90 Å². The zero-order valence-corrected chi connectivity index (χ0v) is 14.8. The van der Waals surface area contributed by atoms with E-state index in [0.717, 1.165) is 24.7 Å². The Morgan fingerprint density at radius 3 is 2.61 bits per heavy atom. The number of likely N-dealkylation sites (tertiary alicyclic amines) is 1. The lowest BCUT2D eigenvalue weighted by atomic mass is 9.96. The highest BCUT2D eigenvalue weighted by Gasteiger charge is 2.30. The predicted molar refractivity (Wildman–Crippen MR) is 93.1 cm³/mol. The molecule has 2 unspecified atom stereocenters. The molecular weight excluding hydrogens is 338 g/mol. The number of nitrogens with zero attached hydrogens (tertiary/aromatic N) is 1. The zero-order valence-electron chi connectivity index (χ0n) is 13.1. The number of hydrogen-bond donors (Lipinski definition) is 2. The molecule has 1 aliphatic heterocycles. The first-order valence-electron chi connectivity index (χ1n) is 7.42. The van der Waals surface area contributed by atoms with Crippen molar-refractivity contribution in [2.75, 3.05) is 25.9 Å². The first kappa shape index (κ1) is 19.9. The lowest BCUT2D eigenvalue weighted by Crippen LogP contribution is -2.51. The van der Waals surface area contributed by atoms with Gasteiger partial charge in [-0.25, -0.2) is 13.1 Å². The fourth-order valence-electron chi connectivity index (χ4n) is 2.86. The summed E-state index contributed by atoms with van der Waals surface area (Å²) in [4.78, 5) is 14.4. The molecule has 6 nitrogen and oxygen atoms in total. The molecule has 1 heterocycles. The lowest BCUT2D eigenvalue weighted by Gasteiger charge is -2.34. The Labute approximate surface area is 143 Å². The highest BCUT2D eigenvalue weighted by Crippen LogP contribution is 2.20. The predicted octanol–water partition coefficient (Wildman–Crippen LogP) is 0.691. The van der Waals surface area contributed by atoms with Gasteiger partial charge in [-0.1, -0.05) is 30.3 Å². The number of amides is 1. The van der Waals surface area contributed by atoms with Crippen molar-refractivity contribution in [3.05, 3.63) is 35.9 Å². The molecule has 1 aromatic carbocycles. The van der Waals surface area contributed by atoms with Crippen LogP contribution in [0.25, 0.3) is 0 Å². The summed E-state index contributed by atoms with van der Waals surface area (Å²) in [5, 5.41) is 0. The van der Waals surface area contributed by atoms with Crippen LogP contribution >= 0.6 is 12.4 Å². The molecule has 2 rings (SSSR count). The van der Waals surface area contributed by atoms with Gasteiger partial charge >= 0.3 is 0 Å². The van der Waals surface area contributed by atoms with E-state index in [9.17, 15) is 13.2 Å². The average Bonchev–Trinajstić information content (AvgIpc) is 2.47. The highest BCUT2D eigenvalue weighted by atomic mass is 35.5. The summed E-state index contributed by atoms with van der Waals surface area (Å²) in [5.41, 5.74) is 6.69. The molecule has 0 aromatic heterocycles. The maximum atomic E-state index is 12.7. The van der Waals surface area contributed by atoms with Crippen molar-refractivity contribution in [3.63, 3.8) is 0 Å². The van der Waals surface area contributed by atoms with E-state index < -0.39 is 10.0 Å². The van der Waals surface area contributed by atoms with Gasteiger partial charge in [-0.15, -0.1) is 12.4 Å². The smallest absolute Gasteiger partial charge is 0.231 e. The minimum atomic E-state index is -3.26. The van der Waals surface area contributed by atoms with Gasteiger partial charge in [-0.3, -0.25) is 4.79 Å². The van der Waals surface area contributed by atoms with Gasteiger partial charge in [-0.05, 0) is 18.4 Å². The fraction of sp³-hybridized carbons (Fsp3) is 0.533. The molecule has 8 heteroatoms. The van der Waals surface area contributed by atoms with Crippen LogP contribution in [-0.2, 0) is 14.8 Å². The van der Waals surface area contributed by atoms with Gasteiger partial charge in [0.15, 0.2) is 0 Å². The number of benzene rings is 1. The fourth-order valence-corrected chi connectivity index (χ4v) is 3.66. The number of piperidine rings is 1. The standard InChI is InChI=1S/C15H23N3O3S.ClH/c1-22(20,21)17-13-8-5-9-18(11-13)15(19)14(10-16)12-6-3-2-4-7-12;/h2-4,6-7,13-14,17H,5,8-11,16H2,1H3;1H. The van der Waals surface area contributed by atoms with E-state index in [1.165, 1.54) is 0 Å². The van der Waals surface area contributed by atoms with E-state index in [4.69, 9.17) is 5.73 Å². The van der Waals surface area contributed by atoms with E-state index in [0.29, 0.717) is 13.1 Å². The third-order valence-electron chi connectivity index (χ3n) is 3.85. The maximum absolute atomic E-state index is 12.7. The molecule has 1 aromatic rings. The molecule has 0 spiro atoms. The summed E-state index contributed by atoms with van der Waals surface area (Å²) in [7, 11) is -3.26. The van der Waals surface area contributed by atoms with Crippen molar-refractivity contribution in [2.24, 2.45) is 5.73 Å². The van der Waals surface area contributed by atoms with Crippen molar-refractivity contribution in [2.45, 2.75) is 24.8 Å². The Balaban J connectivity index is 0.00000264. The largest absolute Gasteiger partial charge is 0.341 e. The van der Waals surface area contributed by atoms with Gasteiger partial charge in [0, 0.05) is 25.7 Å². The van der Waals surface area contributed by atoms with Crippen molar-refractivity contribution in [3.8, 4) is 0 Å². The van der Waals surface area contributed by atoms with Gasteiger partial charge in [0.1, 0.15) is 0 Å².